The molecule has 4 atom stereocenters. The minimum atomic E-state index is -1.20. The van der Waals surface area contributed by atoms with E-state index < -0.39 is 24.6 Å². The van der Waals surface area contributed by atoms with Gasteiger partial charge in [-0.15, -0.1) is 0 Å². The van der Waals surface area contributed by atoms with Gasteiger partial charge < -0.3 is 24.8 Å². The molecule has 78 valence electrons. The molecule has 1 aliphatic heterocycles. The molecule has 0 aliphatic carbocycles. The zero-order chi connectivity index (χ0) is 10.0. The maximum atomic E-state index is 9.40. The fourth-order valence-electron chi connectivity index (χ4n) is 1.17. The second-order valence-corrected chi connectivity index (χ2v) is 3.44. The van der Waals surface area contributed by atoms with Crippen LogP contribution in [0.3, 0.4) is 0 Å². The first-order valence-electron chi connectivity index (χ1n) is 4.33. The summed E-state index contributed by atoms with van der Waals surface area (Å²) in [5.41, 5.74) is 0. The lowest BCUT2D eigenvalue weighted by molar-refractivity contribution is -0.278. The summed E-state index contributed by atoms with van der Waals surface area (Å²) in [5, 5.41) is 27.8. The summed E-state index contributed by atoms with van der Waals surface area (Å²) >= 11 is 0. The predicted octanol–water partition coefficient (Wildman–Crippen LogP) is -1.15. The molecule has 0 aromatic rings. The van der Waals surface area contributed by atoms with Crippen molar-refractivity contribution < 1.29 is 24.8 Å². The molecule has 0 aromatic carbocycles. The van der Waals surface area contributed by atoms with E-state index in [1.807, 2.05) is 0 Å². The van der Waals surface area contributed by atoms with Gasteiger partial charge in [-0.2, -0.15) is 0 Å². The van der Waals surface area contributed by atoms with Gasteiger partial charge in [0.1, 0.15) is 18.3 Å². The topological polar surface area (TPSA) is 79.2 Å². The van der Waals surface area contributed by atoms with Crippen LogP contribution in [0.4, 0.5) is 0 Å². The van der Waals surface area contributed by atoms with E-state index >= 15 is 0 Å². The zero-order valence-corrected chi connectivity index (χ0v) is 7.75. The van der Waals surface area contributed by atoms with Crippen molar-refractivity contribution in [1.82, 2.24) is 0 Å². The van der Waals surface area contributed by atoms with Crippen LogP contribution in [-0.4, -0.2) is 52.6 Å². The zero-order valence-electron chi connectivity index (χ0n) is 7.75. The van der Waals surface area contributed by atoms with Crippen molar-refractivity contribution in [1.29, 1.82) is 0 Å². The summed E-state index contributed by atoms with van der Waals surface area (Å²) in [6.07, 6.45) is -4.37. The van der Waals surface area contributed by atoms with Crippen LogP contribution in [0.2, 0.25) is 0 Å². The lowest BCUT2D eigenvalue weighted by Gasteiger charge is -2.35. The fourth-order valence-corrected chi connectivity index (χ4v) is 1.17. The lowest BCUT2D eigenvalue weighted by atomic mass is 10.1. The maximum absolute atomic E-state index is 9.40. The third-order valence-electron chi connectivity index (χ3n) is 1.86. The summed E-state index contributed by atoms with van der Waals surface area (Å²) in [5.74, 6) is 0. The minimum Gasteiger partial charge on any atom is -0.388 e. The molecule has 1 heterocycles. The van der Waals surface area contributed by atoms with Crippen LogP contribution >= 0.6 is 0 Å². The second kappa shape index (κ2) is 4.34. The standard InChI is InChI=1S/C8H16O5/c1-4(2)13-8-7(11)6(10)5(9)3-12-8/h4-11H,3H2,1-2H3/t5-,6+,7-,8?/m1/s1. The van der Waals surface area contributed by atoms with E-state index in [9.17, 15) is 10.2 Å². The van der Waals surface area contributed by atoms with Crippen LogP contribution in [0.1, 0.15) is 13.8 Å². The van der Waals surface area contributed by atoms with E-state index in [0.717, 1.165) is 0 Å². The highest BCUT2D eigenvalue weighted by molar-refractivity contribution is 4.82. The number of hydrogen-bond donors (Lipinski definition) is 3. The quantitative estimate of drug-likeness (QED) is 0.515. The minimum absolute atomic E-state index is 0.0182. The van der Waals surface area contributed by atoms with Crippen LogP contribution in [-0.2, 0) is 9.47 Å². The van der Waals surface area contributed by atoms with E-state index in [1.165, 1.54) is 0 Å². The van der Waals surface area contributed by atoms with Crippen molar-refractivity contribution in [3.05, 3.63) is 0 Å². The Balaban J connectivity index is 2.48. The molecule has 13 heavy (non-hydrogen) atoms. The fraction of sp³-hybridized carbons (Fsp3) is 1.00. The number of aliphatic hydroxyl groups is 3. The largest absolute Gasteiger partial charge is 0.388 e. The third-order valence-corrected chi connectivity index (χ3v) is 1.86. The van der Waals surface area contributed by atoms with Crippen molar-refractivity contribution >= 4 is 0 Å². The van der Waals surface area contributed by atoms with Crippen LogP contribution in [0.15, 0.2) is 0 Å². The molecule has 0 spiro atoms. The molecule has 1 unspecified atom stereocenters. The Morgan fingerprint density at radius 2 is 1.85 bits per heavy atom. The van der Waals surface area contributed by atoms with Crippen molar-refractivity contribution in [3.8, 4) is 0 Å². The van der Waals surface area contributed by atoms with Crippen LogP contribution < -0.4 is 0 Å². The summed E-state index contributed by atoms with van der Waals surface area (Å²) in [7, 11) is 0. The Bertz CT molecular complexity index is 161. The van der Waals surface area contributed by atoms with Gasteiger partial charge in [-0.25, -0.2) is 0 Å². The van der Waals surface area contributed by atoms with Gasteiger partial charge in [-0.3, -0.25) is 0 Å². The molecule has 1 saturated heterocycles. The second-order valence-electron chi connectivity index (χ2n) is 3.44. The SMILES string of the molecule is CC(C)OC1OC[C@@H](O)[C@H](O)[C@H]1O. The van der Waals surface area contributed by atoms with E-state index in [1.54, 1.807) is 13.8 Å². The summed E-state index contributed by atoms with van der Waals surface area (Å²) < 4.78 is 10.2. The highest BCUT2D eigenvalue weighted by Gasteiger charge is 2.38. The molecule has 3 N–H and O–H groups in total. The normalized spacial score (nSPS) is 41.1. The Kier molecular flexibility index (Phi) is 3.63. The highest BCUT2D eigenvalue weighted by Crippen LogP contribution is 2.17. The average Bonchev–Trinajstić information content (AvgIpc) is 2.06. The molecule has 5 nitrogen and oxygen atoms in total. The van der Waals surface area contributed by atoms with Gasteiger partial charge in [0.05, 0.1) is 12.7 Å². The monoisotopic (exact) mass is 192 g/mol. The van der Waals surface area contributed by atoms with E-state index in [0.29, 0.717) is 0 Å². The number of hydrogen-bond acceptors (Lipinski definition) is 5. The molecule has 1 aliphatic rings. The van der Waals surface area contributed by atoms with Crippen LogP contribution in [0.25, 0.3) is 0 Å². The van der Waals surface area contributed by atoms with Crippen molar-refractivity contribution in [2.45, 2.75) is 44.6 Å². The van der Waals surface area contributed by atoms with E-state index in [2.05, 4.69) is 0 Å². The first-order valence-corrected chi connectivity index (χ1v) is 4.33. The first kappa shape index (κ1) is 10.9. The molecule has 1 fully saturated rings. The molecule has 0 amide bonds. The highest BCUT2D eigenvalue weighted by atomic mass is 16.7. The Morgan fingerprint density at radius 1 is 1.23 bits per heavy atom. The Morgan fingerprint density at radius 3 is 2.38 bits per heavy atom. The van der Waals surface area contributed by atoms with Gasteiger partial charge >= 0.3 is 0 Å². The van der Waals surface area contributed by atoms with E-state index in [4.69, 9.17) is 14.6 Å². The third kappa shape index (κ3) is 2.62. The van der Waals surface area contributed by atoms with Gasteiger partial charge in [-0.05, 0) is 13.8 Å². The van der Waals surface area contributed by atoms with Crippen LogP contribution in [0, 0.1) is 0 Å². The molecular weight excluding hydrogens is 176 g/mol. The Labute approximate surface area is 76.9 Å². The average molecular weight is 192 g/mol. The van der Waals surface area contributed by atoms with Crippen LogP contribution in [0.5, 0.6) is 0 Å². The smallest absolute Gasteiger partial charge is 0.186 e. The van der Waals surface area contributed by atoms with Gasteiger partial charge in [0.2, 0.25) is 0 Å². The summed E-state index contributed by atoms with van der Waals surface area (Å²) in [6.45, 7) is 3.58. The molecular formula is C8H16O5. The van der Waals surface area contributed by atoms with Crippen molar-refractivity contribution in [2.24, 2.45) is 0 Å². The van der Waals surface area contributed by atoms with Gasteiger partial charge in [0.15, 0.2) is 6.29 Å². The Hall–Kier alpha value is -0.200. The van der Waals surface area contributed by atoms with Gasteiger partial charge in [-0.1, -0.05) is 0 Å². The predicted molar refractivity (Wildman–Crippen MR) is 44.0 cm³/mol. The number of ether oxygens (including phenoxy) is 2. The molecule has 0 aromatic heterocycles. The maximum Gasteiger partial charge on any atom is 0.186 e. The summed E-state index contributed by atoms with van der Waals surface area (Å²) in [4.78, 5) is 0. The summed E-state index contributed by atoms with van der Waals surface area (Å²) in [6, 6.07) is 0. The molecule has 5 heteroatoms. The van der Waals surface area contributed by atoms with Gasteiger partial charge in [0, 0.05) is 0 Å². The molecule has 1 rings (SSSR count). The molecule has 0 saturated carbocycles. The first-order chi connectivity index (χ1) is 6.02. The molecule has 0 bridgehead atoms. The molecule has 0 radical (unpaired) electrons. The number of rotatable bonds is 2. The lowest BCUT2D eigenvalue weighted by Crippen LogP contribution is -2.54. The van der Waals surface area contributed by atoms with Crippen molar-refractivity contribution in [2.75, 3.05) is 6.61 Å². The van der Waals surface area contributed by atoms with Crippen molar-refractivity contribution in [3.63, 3.8) is 0 Å². The van der Waals surface area contributed by atoms with Gasteiger partial charge in [0.25, 0.3) is 0 Å². The number of aliphatic hydroxyl groups excluding tert-OH is 3. The van der Waals surface area contributed by atoms with E-state index in [-0.39, 0.29) is 12.7 Å².